The third-order valence-corrected chi connectivity index (χ3v) is 3.98. The van der Waals surface area contributed by atoms with Crippen molar-refractivity contribution in [2.75, 3.05) is 5.75 Å². The molecule has 1 amide bonds. The number of carbonyl (C=O) groups excluding carboxylic acids is 1. The minimum Gasteiger partial charge on any atom is -0.352 e. The Morgan fingerprint density at radius 3 is 2.86 bits per heavy atom. The molecular weight excluding hydrogens is 194 g/mol. The number of thioether (sulfide) groups is 1. The van der Waals surface area contributed by atoms with Crippen molar-refractivity contribution in [3.8, 4) is 0 Å². The first-order valence-corrected chi connectivity index (χ1v) is 6.73. The van der Waals surface area contributed by atoms with E-state index in [1.807, 2.05) is 18.7 Å². The first-order chi connectivity index (χ1) is 6.77. The molecule has 1 aliphatic rings. The van der Waals surface area contributed by atoms with Gasteiger partial charge in [-0.2, -0.15) is 11.8 Å². The molecule has 14 heavy (non-hydrogen) atoms. The Morgan fingerprint density at radius 1 is 1.43 bits per heavy atom. The summed E-state index contributed by atoms with van der Waals surface area (Å²) in [7, 11) is 0. The first kappa shape index (κ1) is 11.9. The number of hydrogen-bond donors (Lipinski definition) is 1. The van der Waals surface area contributed by atoms with Crippen molar-refractivity contribution < 1.29 is 4.79 Å². The highest BCUT2D eigenvalue weighted by atomic mass is 32.2. The minimum atomic E-state index is 0.237. The number of carbonyl (C=O) groups is 1. The quantitative estimate of drug-likeness (QED) is 0.763. The van der Waals surface area contributed by atoms with E-state index in [4.69, 9.17) is 0 Å². The van der Waals surface area contributed by atoms with E-state index in [9.17, 15) is 4.79 Å². The van der Waals surface area contributed by atoms with Gasteiger partial charge in [0.25, 0.3) is 0 Å². The number of amides is 1. The molecule has 1 saturated carbocycles. The van der Waals surface area contributed by atoms with Crippen LogP contribution in [-0.2, 0) is 4.79 Å². The zero-order chi connectivity index (χ0) is 10.4. The summed E-state index contributed by atoms with van der Waals surface area (Å²) < 4.78 is 0. The van der Waals surface area contributed by atoms with Gasteiger partial charge in [-0.1, -0.05) is 20.3 Å². The van der Waals surface area contributed by atoms with E-state index < -0.39 is 0 Å². The van der Waals surface area contributed by atoms with Crippen molar-refractivity contribution in [2.45, 2.75) is 57.2 Å². The summed E-state index contributed by atoms with van der Waals surface area (Å²) in [5.74, 6) is 1.39. The predicted octanol–water partition coefficient (Wildman–Crippen LogP) is 2.58. The van der Waals surface area contributed by atoms with Crippen LogP contribution in [0.3, 0.4) is 0 Å². The molecule has 1 fully saturated rings. The van der Waals surface area contributed by atoms with Gasteiger partial charge in [0.1, 0.15) is 0 Å². The van der Waals surface area contributed by atoms with Crippen molar-refractivity contribution in [1.29, 1.82) is 0 Å². The van der Waals surface area contributed by atoms with Gasteiger partial charge < -0.3 is 5.32 Å². The maximum Gasteiger partial charge on any atom is 0.220 e. The van der Waals surface area contributed by atoms with E-state index in [1.54, 1.807) is 0 Å². The SMILES string of the molecule is CCCC(=O)N[C@@H]1CCC[C@@H]1SCC. The van der Waals surface area contributed by atoms with Gasteiger partial charge in [-0.25, -0.2) is 0 Å². The van der Waals surface area contributed by atoms with Crippen LogP contribution in [0.1, 0.15) is 46.0 Å². The molecule has 0 aromatic rings. The lowest BCUT2D eigenvalue weighted by Crippen LogP contribution is -2.38. The summed E-state index contributed by atoms with van der Waals surface area (Å²) in [4.78, 5) is 11.4. The second kappa shape index (κ2) is 6.33. The van der Waals surface area contributed by atoms with Crippen LogP contribution in [-0.4, -0.2) is 23.0 Å². The molecule has 0 aromatic heterocycles. The number of rotatable bonds is 5. The van der Waals surface area contributed by atoms with Crippen LogP contribution in [0, 0.1) is 0 Å². The Labute approximate surface area is 91.2 Å². The van der Waals surface area contributed by atoms with E-state index in [0.717, 1.165) is 12.2 Å². The second-order valence-electron chi connectivity index (χ2n) is 3.85. The molecule has 1 N–H and O–H groups in total. The molecule has 0 bridgehead atoms. The fourth-order valence-corrected chi connectivity index (χ4v) is 3.21. The van der Waals surface area contributed by atoms with E-state index in [1.165, 1.54) is 19.3 Å². The summed E-state index contributed by atoms with van der Waals surface area (Å²) in [5, 5.41) is 3.82. The van der Waals surface area contributed by atoms with Gasteiger partial charge in [-0.15, -0.1) is 0 Å². The zero-order valence-electron chi connectivity index (χ0n) is 9.21. The molecule has 0 aromatic carbocycles. The standard InChI is InChI=1S/C11H21NOS/c1-3-6-11(13)12-9-7-5-8-10(9)14-4-2/h9-10H,3-8H2,1-2H3,(H,12,13)/t9-,10+/m1/s1. The molecule has 2 nitrogen and oxygen atoms in total. The molecule has 0 aliphatic heterocycles. The van der Waals surface area contributed by atoms with Crippen molar-refractivity contribution in [2.24, 2.45) is 0 Å². The van der Waals surface area contributed by atoms with E-state index in [2.05, 4.69) is 12.2 Å². The monoisotopic (exact) mass is 215 g/mol. The molecule has 1 rings (SSSR count). The smallest absolute Gasteiger partial charge is 0.220 e. The van der Waals surface area contributed by atoms with Crippen LogP contribution in [0.25, 0.3) is 0 Å². The number of nitrogens with one attached hydrogen (secondary N) is 1. The van der Waals surface area contributed by atoms with Gasteiger partial charge in [0.05, 0.1) is 0 Å². The molecule has 2 atom stereocenters. The van der Waals surface area contributed by atoms with Gasteiger partial charge in [0.15, 0.2) is 0 Å². The van der Waals surface area contributed by atoms with Crippen LogP contribution < -0.4 is 5.32 Å². The van der Waals surface area contributed by atoms with Crippen molar-refractivity contribution >= 4 is 17.7 Å². The average molecular weight is 215 g/mol. The summed E-state index contributed by atoms with van der Waals surface area (Å²) in [6.45, 7) is 4.24. The van der Waals surface area contributed by atoms with Crippen LogP contribution >= 0.6 is 11.8 Å². The van der Waals surface area contributed by atoms with Crippen LogP contribution in [0.15, 0.2) is 0 Å². The van der Waals surface area contributed by atoms with Gasteiger partial charge >= 0.3 is 0 Å². The zero-order valence-corrected chi connectivity index (χ0v) is 10.0. The highest BCUT2D eigenvalue weighted by Crippen LogP contribution is 2.29. The number of hydrogen-bond acceptors (Lipinski definition) is 2. The van der Waals surface area contributed by atoms with Crippen LogP contribution in [0.2, 0.25) is 0 Å². The fraction of sp³-hybridized carbons (Fsp3) is 0.909. The maximum absolute atomic E-state index is 11.4. The van der Waals surface area contributed by atoms with Gasteiger partial charge in [-0.3, -0.25) is 4.79 Å². The van der Waals surface area contributed by atoms with E-state index in [0.29, 0.717) is 17.7 Å². The van der Waals surface area contributed by atoms with Crippen molar-refractivity contribution in [3.63, 3.8) is 0 Å². The molecule has 3 heteroatoms. The largest absolute Gasteiger partial charge is 0.352 e. The van der Waals surface area contributed by atoms with Gasteiger partial charge in [0, 0.05) is 17.7 Å². The molecule has 1 aliphatic carbocycles. The lowest BCUT2D eigenvalue weighted by molar-refractivity contribution is -0.121. The normalized spacial score (nSPS) is 26.4. The Balaban J connectivity index is 2.31. The molecule has 0 spiro atoms. The van der Waals surface area contributed by atoms with Gasteiger partial charge in [-0.05, 0) is 25.0 Å². The molecule has 0 unspecified atom stereocenters. The predicted molar refractivity (Wildman–Crippen MR) is 62.6 cm³/mol. The van der Waals surface area contributed by atoms with E-state index in [-0.39, 0.29) is 5.91 Å². The molecule has 0 radical (unpaired) electrons. The molecule has 0 heterocycles. The Morgan fingerprint density at radius 2 is 2.21 bits per heavy atom. The Bertz CT molecular complexity index is 184. The summed E-state index contributed by atoms with van der Waals surface area (Å²) in [6.07, 6.45) is 5.35. The van der Waals surface area contributed by atoms with Gasteiger partial charge in [0.2, 0.25) is 5.91 Å². The van der Waals surface area contributed by atoms with Crippen molar-refractivity contribution in [3.05, 3.63) is 0 Å². The Kier molecular flexibility index (Phi) is 5.38. The highest BCUT2D eigenvalue weighted by Gasteiger charge is 2.27. The van der Waals surface area contributed by atoms with E-state index >= 15 is 0 Å². The lowest BCUT2D eigenvalue weighted by atomic mass is 10.2. The fourth-order valence-electron chi connectivity index (χ4n) is 2.01. The first-order valence-electron chi connectivity index (χ1n) is 5.68. The summed E-state index contributed by atoms with van der Waals surface area (Å²) >= 11 is 1.99. The summed E-state index contributed by atoms with van der Waals surface area (Å²) in [6, 6.07) is 0.444. The lowest BCUT2D eigenvalue weighted by Gasteiger charge is -2.19. The molecule has 0 saturated heterocycles. The van der Waals surface area contributed by atoms with Crippen LogP contribution in [0.4, 0.5) is 0 Å². The molecular formula is C11H21NOS. The van der Waals surface area contributed by atoms with Crippen LogP contribution in [0.5, 0.6) is 0 Å². The third kappa shape index (κ3) is 3.52. The maximum atomic E-state index is 11.4. The minimum absolute atomic E-state index is 0.237. The Hall–Kier alpha value is -0.180. The molecule has 82 valence electrons. The topological polar surface area (TPSA) is 29.1 Å². The third-order valence-electron chi connectivity index (χ3n) is 2.66. The second-order valence-corrected chi connectivity index (χ2v) is 5.36. The summed E-state index contributed by atoms with van der Waals surface area (Å²) in [5.41, 5.74) is 0. The van der Waals surface area contributed by atoms with Crippen molar-refractivity contribution in [1.82, 2.24) is 5.32 Å². The average Bonchev–Trinajstić information content (AvgIpc) is 2.54. The highest BCUT2D eigenvalue weighted by molar-refractivity contribution is 7.99.